The fourth-order valence-electron chi connectivity index (χ4n) is 4.08. The molecule has 150 valence electrons. The first-order valence-corrected chi connectivity index (χ1v) is 10.8. The Balaban J connectivity index is 1.72. The van der Waals surface area contributed by atoms with E-state index in [9.17, 15) is 13.2 Å². The van der Waals surface area contributed by atoms with Gasteiger partial charge in [-0.1, -0.05) is 12.1 Å². The smallest absolute Gasteiger partial charge is 0.245 e. The molecule has 1 atom stereocenters. The molecule has 2 aromatic rings. The molecule has 2 aliphatic rings. The maximum Gasteiger partial charge on any atom is 0.245 e. The molecule has 9 heteroatoms. The Morgan fingerprint density at radius 2 is 2.00 bits per heavy atom. The molecule has 8 nitrogen and oxygen atoms in total. The standard InChI is InChI=1S/C19H24N4O4S/c1-14(24)15-2-4-18(5-3-15)28(25,26)23-17(10-16-11-21-13-22-16)12-27-19(23)6-8-20-9-7-19/h2-5,11,13,17,20H,6-10,12H2,1H3,(H,21,22). The number of hydrogen-bond acceptors (Lipinski definition) is 6. The van der Waals surface area contributed by atoms with Crippen LogP contribution in [0.1, 0.15) is 35.8 Å². The number of benzene rings is 1. The Morgan fingerprint density at radius 3 is 2.61 bits per heavy atom. The Bertz CT molecular complexity index is 935. The van der Waals surface area contributed by atoms with Crippen molar-refractivity contribution in [3.8, 4) is 0 Å². The summed E-state index contributed by atoms with van der Waals surface area (Å²) in [7, 11) is -3.81. The summed E-state index contributed by atoms with van der Waals surface area (Å²) >= 11 is 0. The molecule has 2 N–H and O–H groups in total. The number of nitrogens with zero attached hydrogens (tertiary/aromatic N) is 2. The van der Waals surface area contributed by atoms with Crippen molar-refractivity contribution in [3.05, 3.63) is 48.0 Å². The highest BCUT2D eigenvalue weighted by Gasteiger charge is 2.54. The molecule has 2 saturated heterocycles. The average molecular weight is 404 g/mol. The van der Waals surface area contributed by atoms with Gasteiger partial charge >= 0.3 is 0 Å². The lowest BCUT2D eigenvalue weighted by Crippen LogP contribution is -2.56. The van der Waals surface area contributed by atoms with Crippen LogP contribution in [0.25, 0.3) is 0 Å². The number of rotatable bonds is 5. The van der Waals surface area contributed by atoms with Crippen LogP contribution in [0.15, 0.2) is 41.7 Å². The zero-order valence-corrected chi connectivity index (χ0v) is 16.5. The summed E-state index contributed by atoms with van der Waals surface area (Å²) in [6.45, 7) is 3.20. The molecule has 2 fully saturated rings. The Morgan fingerprint density at radius 1 is 1.29 bits per heavy atom. The maximum absolute atomic E-state index is 13.6. The van der Waals surface area contributed by atoms with Crippen molar-refractivity contribution in [1.82, 2.24) is 19.6 Å². The molecule has 1 aromatic heterocycles. The Hall–Kier alpha value is -2.07. The van der Waals surface area contributed by atoms with E-state index in [2.05, 4.69) is 15.3 Å². The third kappa shape index (κ3) is 3.39. The Kier molecular flexibility index (Phi) is 5.09. The number of imidazole rings is 1. The highest BCUT2D eigenvalue weighted by atomic mass is 32.2. The quantitative estimate of drug-likeness (QED) is 0.729. The molecule has 1 aromatic carbocycles. The fraction of sp³-hybridized carbons (Fsp3) is 0.474. The topological polar surface area (TPSA) is 104 Å². The van der Waals surface area contributed by atoms with Crippen LogP contribution in [0.5, 0.6) is 0 Å². The number of sulfonamides is 1. The van der Waals surface area contributed by atoms with Gasteiger partial charge in [-0.3, -0.25) is 4.79 Å². The summed E-state index contributed by atoms with van der Waals surface area (Å²) in [6, 6.07) is 5.81. The average Bonchev–Trinajstić information content (AvgIpc) is 3.31. The van der Waals surface area contributed by atoms with Gasteiger partial charge in [0.1, 0.15) is 5.72 Å². The number of H-pyrrole nitrogens is 1. The molecular formula is C19H24N4O4S. The number of hydrogen-bond donors (Lipinski definition) is 2. The first kappa shape index (κ1) is 19.3. The maximum atomic E-state index is 13.6. The van der Waals surface area contributed by atoms with Gasteiger partial charge < -0.3 is 15.0 Å². The van der Waals surface area contributed by atoms with E-state index in [0.717, 1.165) is 5.69 Å². The SMILES string of the molecule is CC(=O)c1ccc(S(=O)(=O)N2C(Cc3cnc[nH]3)COC23CCNCC3)cc1. The van der Waals surface area contributed by atoms with Crippen molar-refractivity contribution in [2.75, 3.05) is 19.7 Å². The highest BCUT2D eigenvalue weighted by molar-refractivity contribution is 7.89. The lowest BCUT2D eigenvalue weighted by Gasteiger charge is -2.41. The minimum atomic E-state index is -3.81. The van der Waals surface area contributed by atoms with E-state index in [-0.39, 0.29) is 16.7 Å². The third-order valence-corrected chi connectivity index (χ3v) is 7.51. The zero-order chi connectivity index (χ0) is 19.8. The van der Waals surface area contributed by atoms with Crippen LogP contribution in [0.4, 0.5) is 0 Å². The minimum Gasteiger partial charge on any atom is -0.358 e. The van der Waals surface area contributed by atoms with Crippen molar-refractivity contribution < 1.29 is 17.9 Å². The van der Waals surface area contributed by atoms with Crippen molar-refractivity contribution in [2.24, 2.45) is 0 Å². The molecular weight excluding hydrogens is 380 g/mol. The van der Waals surface area contributed by atoms with Crippen LogP contribution in [-0.4, -0.2) is 59.9 Å². The van der Waals surface area contributed by atoms with E-state index in [1.54, 1.807) is 29.0 Å². The van der Waals surface area contributed by atoms with E-state index >= 15 is 0 Å². The third-order valence-electron chi connectivity index (χ3n) is 5.49. The van der Waals surface area contributed by atoms with Gasteiger partial charge in [-0.25, -0.2) is 13.4 Å². The molecule has 0 saturated carbocycles. The number of ketones is 1. The number of ether oxygens (including phenoxy) is 1. The second kappa shape index (κ2) is 7.40. The molecule has 4 rings (SSSR count). The number of aromatic nitrogens is 2. The van der Waals surface area contributed by atoms with E-state index in [1.807, 2.05) is 0 Å². The number of piperidine rings is 1. The number of Topliss-reactive ketones (excluding diaryl/α,β-unsaturated/α-hetero) is 1. The summed E-state index contributed by atoms with van der Waals surface area (Å²) in [6.07, 6.45) is 4.99. The van der Waals surface area contributed by atoms with Gasteiger partial charge in [0.2, 0.25) is 10.0 Å². The van der Waals surface area contributed by atoms with Gasteiger partial charge in [0, 0.05) is 36.7 Å². The second-order valence-corrected chi connectivity index (χ2v) is 9.14. The van der Waals surface area contributed by atoms with Crippen molar-refractivity contribution in [1.29, 1.82) is 0 Å². The monoisotopic (exact) mass is 404 g/mol. The van der Waals surface area contributed by atoms with Crippen molar-refractivity contribution in [2.45, 2.75) is 42.8 Å². The van der Waals surface area contributed by atoms with E-state index < -0.39 is 15.7 Å². The number of aromatic amines is 1. The van der Waals surface area contributed by atoms with Crippen LogP contribution < -0.4 is 5.32 Å². The summed E-state index contributed by atoms with van der Waals surface area (Å²) in [5.41, 5.74) is 0.516. The van der Waals surface area contributed by atoms with Gasteiger partial charge in [0.05, 0.1) is 23.9 Å². The van der Waals surface area contributed by atoms with Gasteiger partial charge in [0.15, 0.2) is 5.78 Å². The zero-order valence-electron chi connectivity index (χ0n) is 15.7. The molecule has 0 amide bonds. The molecule has 1 spiro atoms. The minimum absolute atomic E-state index is 0.0969. The molecule has 3 heterocycles. The molecule has 28 heavy (non-hydrogen) atoms. The van der Waals surface area contributed by atoms with E-state index in [0.29, 0.717) is 44.5 Å². The van der Waals surface area contributed by atoms with Crippen molar-refractivity contribution in [3.63, 3.8) is 0 Å². The first-order chi connectivity index (χ1) is 13.4. The molecule has 0 bridgehead atoms. The molecule has 1 unspecified atom stereocenters. The van der Waals surface area contributed by atoms with Crippen LogP contribution in [0, 0.1) is 0 Å². The normalized spacial score (nSPS) is 22.5. The molecule has 0 aliphatic carbocycles. The van der Waals surface area contributed by atoms with Crippen LogP contribution in [-0.2, 0) is 21.2 Å². The van der Waals surface area contributed by atoms with Gasteiger partial charge in [0.25, 0.3) is 0 Å². The lowest BCUT2D eigenvalue weighted by atomic mass is 10.0. The van der Waals surface area contributed by atoms with Gasteiger partial charge in [-0.2, -0.15) is 4.31 Å². The highest BCUT2D eigenvalue weighted by Crippen LogP contribution is 2.40. The first-order valence-electron chi connectivity index (χ1n) is 9.40. The van der Waals surface area contributed by atoms with Gasteiger partial charge in [-0.15, -0.1) is 0 Å². The molecule has 2 aliphatic heterocycles. The van der Waals surface area contributed by atoms with Crippen LogP contribution in [0.2, 0.25) is 0 Å². The number of carbonyl (C=O) groups is 1. The predicted molar refractivity (Wildman–Crippen MR) is 102 cm³/mol. The second-order valence-electron chi connectivity index (χ2n) is 7.32. The van der Waals surface area contributed by atoms with Gasteiger partial charge in [-0.05, 0) is 32.1 Å². The lowest BCUT2D eigenvalue weighted by molar-refractivity contribution is -0.0715. The number of nitrogens with one attached hydrogen (secondary N) is 2. The fourth-order valence-corrected chi connectivity index (χ4v) is 5.99. The summed E-state index contributed by atoms with van der Waals surface area (Å²) in [5.74, 6) is -0.0969. The van der Waals surface area contributed by atoms with Crippen LogP contribution >= 0.6 is 0 Å². The molecule has 0 radical (unpaired) electrons. The van der Waals surface area contributed by atoms with Crippen molar-refractivity contribution >= 4 is 15.8 Å². The predicted octanol–water partition coefficient (Wildman–Crippen LogP) is 1.32. The largest absolute Gasteiger partial charge is 0.358 e. The van der Waals surface area contributed by atoms with E-state index in [4.69, 9.17) is 4.74 Å². The number of carbonyl (C=O) groups excluding carboxylic acids is 1. The summed E-state index contributed by atoms with van der Waals surface area (Å²) < 4.78 is 35.0. The van der Waals surface area contributed by atoms with E-state index in [1.165, 1.54) is 19.1 Å². The van der Waals surface area contributed by atoms with Crippen LogP contribution in [0.3, 0.4) is 0 Å². The Labute approximate surface area is 164 Å². The summed E-state index contributed by atoms with van der Waals surface area (Å²) in [5, 5.41) is 3.27. The summed E-state index contributed by atoms with van der Waals surface area (Å²) in [4.78, 5) is 18.8.